The second kappa shape index (κ2) is 8.41. The lowest BCUT2D eigenvalue weighted by Crippen LogP contribution is -2.03. The van der Waals surface area contributed by atoms with Crippen LogP contribution in [0.1, 0.15) is 33.5 Å². The molecule has 0 radical (unpaired) electrons. The summed E-state index contributed by atoms with van der Waals surface area (Å²) in [6, 6.07) is 19.5. The van der Waals surface area contributed by atoms with Gasteiger partial charge in [-0.1, -0.05) is 37.3 Å². The highest BCUT2D eigenvalue weighted by atomic mass is 32.1. The molecule has 29 heavy (non-hydrogen) atoms. The van der Waals surface area contributed by atoms with Gasteiger partial charge in [0.1, 0.15) is 16.5 Å². The van der Waals surface area contributed by atoms with Crippen molar-refractivity contribution in [3.8, 4) is 0 Å². The van der Waals surface area contributed by atoms with E-state index in [1.165, 1.54) is 17.6 Å². The summed E-state index contributed by atoms with van der Waals surface area (Å²) < 4.78 is 4.76. The zero-order chi connectivity index (χ0) is 20.2. The third-order valence-corrected chi connectivity index (χ3v) is 5.79. The van der Waals surface area contributed by atoms with Gasteiger partial charge >= 0.3 is 5.97 Å². The number of ether oxygens (including phenoxy) is 1. The van der Waals surface area contributed by atoms with Gasteiger partial charge in [-0.15, -0.1) is 11.3 Å². The van der Waals surface area contributed by atoms with Crippen LogP contribution in [0.5, 0.6) is 0 Å². The number of aromatic nitrogens is 2. The molecule has 0 atom stereocenters. The molecule has 0 aliphatic rings. The zero-order valence-electron chi connectivity index (χ0n) is 16.3. The highest BCUT2D eigenvalue weighted by Crippen LogP contribution is 2.31. The van der Waals surface area contributed by atoms with Crippen molar-refractivity contribution in [3.05, 3.63) is 82.5 Å². The van der Waals surface area contributed by atoms with E-state index in [-0.39, 0.29) is 5.97 Å². The van der Waals surface area contributed by atoms with Gasteiger partial charge in [0.05, 0.1) is 18.1 Å². The van der Waals surface area contributed by atoms with Crippen LogP contribution in [0.2, 0.25) is 0 Å². The smallest absolute Gasteiger partial charge is 0.337 e. The molecule has 0 unspecified atom stereocenters. The standard InChI is InChI=1S/C23H21N3O2S/c1-3-18-14-19-21(24-17-11-9-16(10-12-17)23(27)28-2)25-20(26-22(19)29-18)13-15-7-5-4-6-8-15/h4-12,14H,3,13H2,1-2H3,(H,24,25,26). The van der Waals surface area contributed by atoms with Crippen molar-refractivity contribution < 1.29 is 9.53 Å². The lowest BCUT2D eigenvalue weighted by molar-refractivity contribution is 0.0601. The first kappa shape index (κ1) is 19.1. The molecule has 5 nitrogen and oxygen atoms in total. The van der Waals surface area contributed by atoms with Crippen LogP contribution in [0.4, 0.5) is 11.5 Å². The van der Waals surface area contributed by atoms with Gasteiger partial charge < -0.3 is 10.1 Å². The predicted octanol–water partition coefficient (Wildman–Crippen LogP) is 5.37. The number of thiophene rings is 1. The van der Waals surface area contributed by atoms with E-state index < -0.39 is 0 Å². The summed E-state index contributed by atoms with van der Waals surface area (Å²) in [5.41, 5.74) is 2.54. The molecule has 0 bridgehead atoms. The minimum absolute atomic E-state index is 0.350. The van der Waals surface area contributed by atoms with E-state index in [0.29, 0.717) is 12.0 Å². The number of hydrogen-bond donors (Lipinski definition) is 1. The van der Waals surface area contributed by atoms with Crippen molar-refractivity contribution in [3.63, 3.8) is 0 Å². The Kier molecular flexibility index (Phi) is 5.53. The Balaban J connectivity index is 1.69. The van der Waals surface area contributed by atoms with Crippen molar-refractivity contribution in [1.82, 2.24) is 9.97 Å². The first-order chi connectivity index (χ1) is 14.2. The lowest BCUT2D eigenvalue weighted by Gasteiger charge is -2.10. The van der Waals surface area contributed by atoms with Crippen molar-refractivity contribution in [2.45, 2.75) is 19.8 Å². The van der Waals surface area contributed by atoms with E-state index in [1.54, 1.807) is 23.5 Å². The number of esters is 1. The summed E-state index contributed by atoms with van der Waals surface area (Å²) in [5, 5.41) is 4.41. The zero-order valence-corrected chi connectivity index (χ0v) is 17.1. The molecule has 6 heteroatoms. The lowest BCUT2D eigenvalue weighted by atomic mass is 10.1. The highest BCUT2D eigenvalue weighted by molar-refractivity contribution is 7.18. The summed E-state index contributed by atoms with van der Waals surface area (Å²) in [4.78, 5) is 23.5. The Morgan fingerprint density at radius 1 is 1.07 bits per heavy atom. The molecule has 0 aliphatic carbocycles. The Morgan fingerprint density at radius 2 is 1.83 bits per heavy atom. The number of carbonyl (C=O) groups is 1. The quantitative estimate of drug-likeness (QED) is 0.438. The third kappa shape index (κ3) is 4.27. The van der Waals surface area contributed by atoms with Crippen LogP contribution < -0.4 is 5.32 Å². The van der Waals surface area contributed by atoms with E-state index in [0.717, 1.165) is 34.0 Å². The Bertz CT molecular complexity index is 1140. The number of hydrogen-bond acceptors (Lipinski definition) is 6. The van der Waals surface area contributed by atoms with Crippen LogP contribution in [0.3, 0.4) is 0 Å². The molecule has 1 N–H and O–H groups in total. The topological polar surface area (TPSA) is 64.1 Å². The SMILES string of the molecule is CCc1cc2c(Nc3ccc(C(=O)OC)cc3)nc(Cc3ccccc3)nc2s1. The molecule has 0 amide bonds. The van der Waals surface area contributed by atoms with Crippen molar-refractivity contribution in [1.29, 1.82) is 0 Å². The first-order valence-corrected chi connectivity index (χ1v) is 10.3. The largest absolute Gasteiger partial charge is 0.465 e. The normalized spacial score (nSPS) is 10.8. The fraction of sp³-hybridized carbons (Fsp3) is 0.174. The van der Waals surface area contributed by atoms with Crippen molar-refractivity contribution in [2.75, 3.05) is 12.4 Å². The van der Waals surface area contributed by atoms with E-state index in [2.05, 4.69) is 30.4 Å². The number of aryl methyl sites for hydroxylation is 1. The summed E-state index contributed by atoms with van der Waals surface area (Å²) in [5.74, 6) is 1.21. The van der Waals surface area contributed by atoms with E-state index in [9.17, 15) is 4.79 Å². The van der Waals surface area contributed by atoms with Gasteiger partial charge in [0.25, 0.3) is 0 Å². The van der Waals surface area contributed by atoms with Crippen LogP contribution >= 0.6 is 11.3 Å². The Labute approximate surface area is 173 Å². The average molecular weight is 404 g/mol. The molecular weight excluding hydrogens is 382 g/mol. The second-order valence-corrected chi connectivity index (χ2v) is 7.75. The second-order valence-electron chi connectivity index (χ2n) is 6.63. The number of fused-ring (bicyclic) bond motifs is 1. The molecule has 4 aromatic rings. The van der Waals surface area contributed by atoms with Gasteiger partial charge in [0.2, 0.25) is 0 Å². The maximum absolute atomic E-state index is 11.7. The van der Waals surface area contributed by atoms with Crippen molar-refractivity contribution >= 4 is 39.0 Å². The van der Waals surface area contributed by atoms with Gasteiger partial charge in [-0.3, -0.25) is 0 Å². The number of nitrogens with one attached hydrogen (secondary N) is 1. The van der Waals surface area contributed by atoms with Crippen LogP contribution in [-0.4, -0.2) is 23.0 Å². The average Bonchev–Trinajstić information content (AvgIpc) is 3.18. The number of benzene rings is 2. The number of carbonyl (C=O) groups excluding carboxylic acids is 1. The summed E-state index contributed by atoms with van der Waals surface area (Å²) >= 11 is 1.70. The monoisotopic (exact) mass is 403 g/mol. The number of rotatable bonds is 6. The molecular formula is C23H21N3O2S. The van der Waals surface area contributed by atoms with Gasteiger partial charge in [-0.2, -0.15) is 0 Å². The first-order valence-electron chi connectivity index (χ1n) is 9.45. The van der Waals surface area contributed by atoms with Crippen molar-refractivity contribution in [2.24, 2.45) is 0 Å². The molecule has 4 rings (SSSR count). The highest BCUT2D eigenvalue weighted by Gasteiger charge is 2.13. The molecule has 0 fully saturated rings. The summed E-state index contributed by atoms with van der Waals surface area (Å²) in [6.07, 6.45) is 1.63. The van der Waals surface area contributed by atoms with Gasteiger partial charge in [-0.05, 0) is 42.3 Å². The molecule has 2 aromatic carbocycles. The molecule has 0 spiro atoms. The van der Waals surface area contributed by atoms with E-state index in [4.69, 9.17) is 14.7 Å². The molecule has 146 valence electrons. The van der Waals surface area contributed by atoms with E-state index >= 15 is 0 Å². The summed E-state index contributed by atoms with van der Waals surface area (Å²) in [7, 11) is 1.38. The van der Waals surface area contributed by atoms with Gasteiger partial charge in [0, 0.05) is 17.0 Å². The maximum atomic E-state index is 11.7. The van der Waals surface area contributed by atoms with Crippen LogP contribution in [0.25, 0.3) is 10.2 Å². The molecule has 0 saturated heterocycles. The van der Waals surface area contributed by atoms with E-state index in [1.807, 2.05) is 30.3 Å². The minimum atomic E-state index is -0.350. The fourth-order valence-corrected chi connectivity index (χ4v) is 4.07. The molecule has 2 aromatic heterocycles. The Hall–Kier alpha value is -3.25. The van der Waals surface area contributed by atoms with Crippen LogP contribution in [0, 0.1) is 0 Å². The van der Waals surface area contributed by atoms with Crippen LogP contribution in [-0.2, 0) is 17.6 Å². The van der Waals surface area contributed by atoms with Crippen LogP contribution in [0.15, 0.2) is 60.7 Å². The molecule has 0 saturated carbocycles. The van der Waals surface area contributed by atoms with Gasteiger partial charge in [0.15, 0.2) is 0 Å². The number of nitrogens with zero attached hydrogens (tertiary/aromatic N) is 2. The Morgan fingerprint density at radius 3 is 2.52 bits per heavy atom. The fourth-order valence-electron chi connectivity index (χ4n) is 3.09. The van der Waals surface area contributed by atoms with Gasteiger partial charge in [-0.25, -0.2) is 14.8 Å². The maximum Gasteiger partial charge on any atom is 0.337 e. The minimum Gasteiger partial charge on any atom is -0.465 e. The predicted molar refractivity (Wildman–Crippen MR) is 117 cm³/mol. The summed E-state index contributed by atoms with van der Waals surface area (Å²) in [6.45, 7) is 2.14. The number of anilines is 2. The molecule has 0 aliphatic heterocycles. The molecule has 2 heterocycles. The number of methoxy groups -OCH3 is 1. The third-order valence-electron chi connectivity index (χ3n) is 4.61.